The minimum absolute atomic E-state index is 0.0274. The molecule has 14 heteroatoms. The molecule has 0 amide bonds. The summed E-state index contributed by atoms with van der Waals surface area (Å²) in [4.78, 5) is 0. The van der Waals surface area contributed by atoms with E-state index in [0.717, 1.165) is 115 Å². The summed E-state index contributed by atoms with van der Waals surface area (Å²) >= 11 is 1.61. The average molecular weight is 1880 g/mol. The van der Waals surface area contributed by atoms with E-state index >= 15 is 0 Å². The van der Waals surface area contributed by atoms with Gasteiger partial charge in [-0.3, -0.25) is 0 Å². The maximum absolute atomic E-state index is 6.55. The Hall–Kier alpha value is -3.22. The molecule has 0 spiro atoms. The van der Waals surface area contributed by atoms with Crippen molar-refractivity contribution in [2.75, 3.05) is 49.8 Å². The molecule has 574 valence electrons. The van der Waals surface area contributed by atoms with Crippen LogP contribution in [0.4, 0.5) is 0 Å². The van der Waals surface area contributed by atoms with Gasteiger partial charge in [-0.15, -0.1) is 0 Å². The van der Waals surface area contributed by atoms with E-state index < -0.39 is 0 Å². The summed E-state index contributed by atoms with van der Waals surface area (Å²) in [5, 5.41) is 13.6. The standard InChI is InChI=1S/C91H126O7Se7/c1-85(2,3)71-29-57-43-99-45-59-31-72(86(4,5)6)33-61(79(59)93-23)47-101-49-63-35-74(88(10,11)12)37-65(81(63)95-25)51-103-53-67-39-76(90(16,17)18)41-69(83(67)97-27)55-105-56-70-42-77(91(19,20)21)40-68(84(70)98-28)54-104-52-66-38-75(89(13,14)15)36-64(82(66)96-26)50-102-48-62-34-73(87(7,8)9)32-60(80(62)94-24)46-100-44-58(30-71)78(57)92-22/h29-42H,43-56H2,1-28H3. The first kappa shape index (κ1) is 87.4. The minimum atomic E-state index is -0.0274. The molecular weight excluding hydrogens is 1760 g/mol. The zero-order valence-electron chi connectivity index (χ0n) is 69.2. The zero-order chi connectivity index (χ0) is 77.4. The first-order valence-corrected chi connectivity index (χ1v) is 54.1. The molecular formula is C91H126O7Se7. The Bertz CT molecular complexity index is 3200. The summed E-state index contributed by atoms with van der Waals surface area (Å²) in [6.07, 6.45) is 0. The van der Waals surface area contributed by atoms with Crippen LogP contribution in [0.3, 0.4) is 0 Å². The molecule has 14 bridgehead atoms. The molecule has 0 atom stereocenters. The molecule has 7 aromatic carbocycles. The molecule has 105 heavy (non-hydrogen) atoms. The summed E-state index contributed by atoms with van der Waals surface area (Å²) in [6.45, 7) is 49.5. The number of hydrogen-bond donors (Lipinski definition) is 0. The van der Waals surface area contributed by atoms with E-state index in [1.807, 2.05) is 49.8 Å². The van der Waals surface area contributed by atoms with Crippen LogP contribution in [0.5, 0.6) is 40.2 Å². The Balaban J connectivity index is 1.22. The van der Waals surface area contributed by atoms with Gasteiger partial charge in [0.1, 0.15) is 0 Å². The van der Waals surface area contributed by atoms with Crippen LogP contribution >= 0.6 is 0 Å². The third kappa shape index (κ3) is 23.0. The Morgan fingerprint density at radius 1 is 0.162 bits per heavy atom. The second-order valence-electron chi connectivity index (χ2n) is 35.5. The van der Waals surface area contributed by atoms with Crippen LogP contribution < -0.4 is 33.2 Å². The van der Waals surface area contributed by atoms with E-state index in [4.69, 9.17) is 33.2 Å². The van der Waals surface area contributed by atoms with Gasteiger partial charge in [-0.25, -0.2) is 0 Å². The van der Waals surface area contributed by atoms with Crippen molar-refractivity contribution in [2.24, 2.45) is 0 Å². The van der Waals surface area contributed by atoms with Crippen molar-refractivity contribution in [3.63, 3.8) is 0 Å². The molecule has 0 unspecified atom stereocenters. The average Bonchev–Trinajstić information content (AvgIpc) is 0.812. The van der Waals surface area contributed by atoms with E-state index in [9.17, 15) is 0 Å². The number of hydrogen-bond acceptors (Lipinski definition) is 7. The van der Waals surface area contributed by atoms with Crippen molar-refractivity contribution in [1.29, 1.82) is 0 Å². The molecule has 0 saturated carbocycles. The van der Waals surface area contributed by atoms with Crippen LogP contribution in [0.1, 0.15) is 262 Å². The van der Waals surface area contributed by atoms with Gasteiger partial charge in [-0.05, 0) is 0 Å². The molecule has 0 saturated heterocycles. The topological polar surface area (TPSA) is 64.6 Å². The quantitative estimate of drug-likeness (QED) is 0.147. The number of fused-ring (bicyclic) bond motifs is 14. The molecule has 1 aliphatic heterocycles. The fourth-order valence-electron chi connectivity index (χ4n) is 13.5. The van der Waals surface area contributed by atoms with Crippen LogP contribution in [-0.4, -0.2) is 154 Å². The predicted octanol–water partition coefficient (Wildman–Crippen LogP) is 19.0. The van der Waals surface area contributed by atoms with Crippen molar-refractivity contribution < 1.29 is 33.2 Å². The molecule has 0 N–H and O–H groups in total. The third-order valence-corrected chi connectivity index (χ3v) is 34.9. The van der Waals surface area contributed by atoms with Gasteiger partial charge in [0.25, 0.3) is 0 Å². The summed E-state index contributed by atoms with van der Waals surface area (Å²) in [5.74, 6) is 7.46. The van der Waals surface area contributed by atoms with Crippen LogP contribution in [0.25, 0.3) is 0 Å². The van der Waals surface area contributed by atoms with Gasteiger partial charge in [0.2, 0.25) is 0 Å². The molecule has 0 aromatic heterocycles. The van der Waals surface area contributed by atoms with Crippen molar-refractivity contribution in [2.45, 2.75) is 258 Å². The summed E-state index contributed by atoms with van der Waals surface area (Å²) in [5.41, 5.74) is 28.0. The molecule has 8 rings (SSSR count). The van der Waals surface area contributed by atoms with Gasteiger partial charge in [0, 0.05) is 0 Å². The number of methoxy groups -OCH3 is 7. The van der Waals surface area contributed by atoms with Gasteiger partial charge < -0.3 is 0 Å². The summed E-state index contributed by atoms with van der Waals surface area (Å²) < 4.78 is 45.8. The van der Waals surface area contributed by atoms with E-state index in [0.29, 0.717) is 0 Å². The van der Waals surface area contributed by atoms with Crippen molar-refractivity contribution in [3.8, 4) is 40.2 Å². The number of ether oxygens (including phenoxy) is 7. The summed E-state index contributed by atoms with van der Waals surface area (Å²) in [7, 11) is 13.2. The molecule has 0 fully saturated rings. The van der Waals surface area contributed by atoms with Crippen molar-refractivity contribution in [3.05, 3.63) is 202 Å². The number of benzene rings is 7. The first-order chi connectivity index (χ1) is 49.1. The van der Waals surface area contributed by atoms with Gasteiger partial charge in [0.05, 0.1) is 0 Å². The van der Waals surface area contributed by atoms with Gasteiger partial charge in [-0.2, -0.15) is 0 Å². The van der Waals surface area contributed by atoms with Crippen LogP contribution in [0, 0.1) is 0 Å². The van der Waals surface area contributed by atoms with Crippen molar-refractivity contribution >= 4 is 105 Å². The number of rotatable bonds is 7. The Labute approximate surface area is 680 Å². The molecule has 0 radical (unpaired) electrons. The van der Waals surface area contributed by atoms with Gasteiger partial charge in [-0.1, -0.05) is 0 Å². The fraction of sp³-hybridized carbons (Fsp3) is 0.538. The molecule has 1 heterocycles. The van der Waals surface area contributed by atoms with E-state index in [1.165, 1.54) is 117 Å². The van der Waals surface area contributed by atoms with Gasteiger partial charge in [0.15, 0.2) is 0 Å². The fourth-order valence-corrected chi connectivity index (χ4v) is 27.8. The van der Waals surface area contributed by atoms with E-state index in [1.54, 1.807) is 0 Å². The van der Waals surface area contributed by atoms with Gasteiger partial charge >= 0.3 is 687 Å². The second kappa shape index (κ2) is 37.0. The molecule has 1 aliphatic rings. The zero-order valence-corrected chi connectivity index (χ0v) is 81.2. The Morgan fingerprint density at radius 2 is 0.238 bits per heavy atom. The van der Waals surface area contributed by atoms with E-state index in [2.05, 4.69) is 230 Å². The molecule has 0 aliphatic carbocycles. The van der Waals surface area contributed by atoms with Crippen LogP contribution in [0.2, 0.25) is 0 Å². The second-order valence-corrected chi connectivity index (χ2v) is 50.0. The van der Waals surface area contributed by atoms with E-state index in [-0.39, 0.29) is 143 Å². The predicted molar refractivity (Wildman–Crippen MR) is 454 cm³/mol. The maximum atomic E-state index is 6.55. The molecule has 7 nitrogen and oxygen atoms in total. The Kier molecular flexibility index (Phi) is 30.7. The SMILES string of the molecule is COc1c2cc(C(C)(C)C)cc1C[Se]Cc1cc(C(C)(C)C)cc(c1OC)C[Se]Cc1cc(C(C)(C)C)cc(c1OC)C[Se]Cc1cc(C(C)(C)C)cc(c1OC)C[Se]Cc1cc(C(C)(C)C)cc(c1OC)C[Se]Cc1cc(C(C)(C)C)cc(c1OC)C[Se]Cc1cc(C(C)(C)C)cc(c1OC)C[Se]C2. The summed E-state index contributed by atoms with van der Waals surface area (Å²) in [6, 6.07) is 34.5. The van der Waals surface area contributed by atoms with Crippen molar-refractivity contribution in [1.82, 2.24) is 0 Å². The monoisotopic (exact) mass is 1890 g/mol. The molecule has 7 aromatic rings. The first-order valence-electron chi connectivity index (χ1n) is 37.1. The van der Waals surface area contributed by atoms with Crippen LogP contribution in [-0.2, 0) is 112 Å². The Morgan fingerprint density at radius 3 is 0.295 bits per heavy atom. The van der Waals surface area contributed by atoms with Crippen LogP contribution in [0.15, 0.2) is 84.9 Å². The third-order valence-electron chi connectivity index (χ3n) is 19.8. The normalized spacial score (nSPS) is 15.2.